The van der Waals surface area contributed by atoms with Crippen LogP contribution in [0.4, 0.5) is 13.2 Å². The van der Waals surface area contributed by atoms with Crippen molar-refractivity contribution in [1.82, 2.24) is 9.88 Å². The fourth-order valence-electron chi connectivity index (χ4n) is 3.59. The molecule has 2 fully saturated rings. The van der Waals surface area contributed by atoms with Gasteiger partial charge in [0, 0.05) is 19.3 Å². The highest BCUT2D eigenvalue weighted by molar-refractivity contribution is 7.91. The maximum atomic E-state index is 12.4. The first-order chi connectivity index (χ1) is 11.2. The summed E-state index contributed by atoms with van der Waals surface area (Å²) in [6.45, 7) is 2.76. The van der Waals surface area contributed by atoms with Crippen molar-refractivity contribution in [1.29, 1.82) is 0 Å². The van der Waals surface area contributed by atoms with E-state index in [1.54, 1.807) is 0 Å². The van der Waals surface area contributed by atoms with Gasteiger partial charge in [-0.2, -0.15) is 13.2 Å². The minimum Gasteiger partial charge on any atom is -0.302 e. The smallest absolute Gasteiger partial charge is 0.302 e. The minimum atomic E-state index is -4.39. The highest BCUT2D eigenvalue weighted by Gasteiger charge is 2.45. The van der Waals surface area contributed by atoms with Crippen LogP contribution < -0.4 is 0 Å². The van der Waals surface area contributed by atoms with Crippen LogP contribution in [0.2, 0.25) is 0 Å². The van der Waals surface area contributed by atoms with Crippen LogP contribution in [0, 0.1) is 5.41 Å². The van der Waals surface area contributed by atoms with Gasteiger partial charge in [-0.3, -0.25) is 4.98 Å². The normalized spacial score (nSPS) is 23.1. The lowest BCUT2D eigenvalue weighted by molar-refractivity contribution is -0.141. The topological polar surface area (TPSA) is 50.3 Å². The molecule has 0 aliphatic carbocycles. The maximum absolute atomic E-state index is 12.4. The molecule has 2 aliphatic heterocycles. The highest BCUT2D eigenvalue weighted by Crippen LogP contribution is 2.41. The average Bonchev–Trinajstić information content (AvgIpc) is 2.47. The molecule has 2 saturated heterocycles. The molecule has 4 nitrogen and oxygen atoms in total. The summed E-state index contributed by atoms with van der Waals surface area (Å²) >= 11 is 0. The number of likely N-dealkylation sites (tertiary alicyclic amines) is 1. The minimum absolute atomic E-state index is 0.182. The van der Waals surface area contributed by atoms with E-state index in [1.807, 2.05) is 0 Å². The summed E-state index contributed by atoms with van der Waals surface area (Å²) in [5, 5.41) is 0. The van der Waals surface area contributed by atoms with Crippen molar-refractivity contribution in [2.45, 2.75) is 31.9 Å². The van der Waals surface area contributed by atoms with Crippen molar-refractivity contribution in [2.75, 3.05) is 31.1 Å². The van der Waals surface area contributed by atoms with Crippen LogP contribution in [-0.4, -0.2) is 49.4 Å². The molecule has 0 unspecified atom stereocenters. The third kappa shape index (κ3) is 4.08. The number of alkyl halides is 3. The highest BCUT2D eigenvalue weighted by atomic mass is 32.2. The Morgan fingerprint density at radius 3 is 2.38 bits per heavy atom. The number of hydrogen-bond donors (Lipinski definition) is 0. The van der Waals surface area contributed by atoms with Crippen LogP contribution in [-0.2, 0) is 22.4 Å². The molecule has 3 heterocycles. The second kappa shape index (κ2) is 6.29. The summed E-state index contributed by atoms with van der Waals surface area (Å²) in [6.07, 6.45) is -0.0157. The zero-order valence-corrected chi connectivity index (χ0v) is 14.2. The first kappa shape index (κ1) is 17.7. The van der Waals surface area contributed by atoms with Gasteiger partial charge in [0.15, 0.2) is 0 Å². The third-order valence-corrected chi connectivity index (χ3v) is 6.71. The monoisotopic (exact) mass is 362 g/mol. The molecule has 134 valence electrons. The predicted molar refractivity (Wildman–Crippen MR) is 84.3 cm³/mol. The maximum Gasteiger partial charge on any atom is 0.433 e. The van der Waals surface area contributed by atoms with E-state index in [-0.39, 0.29) is 5.41 Å². The summed E-state index contributed by atoms with van der Waals surface area (Å²) in [5.41, 5.74) is 0.131. The first-order valence-corrected chi connectivity index (χ1v) is 9.95. The van der Waals surface area contributed by atoms with E-state index in [1.165, 1.54) is 12.3 Å². The second-order valence-corrected chi connectivity index (χ2v) is 9.32. The number of aromatic nitrogens is 1. The van der Waals surface area contributed by atoms with Crippen LogP contribution in [0.3, 0.4) is 0 Å². The van der Waals surface area contributed by atoms with Gasteiger partial charge in [-0.15, -0.1) is 0 Å². The van der Waals surface area contributed by atoms with Crippen molar-refractivity contribution < 1.29 is 21.6 Å². The van der Waals surface area contributed by atoms with Gasteiger partial charge in [-0.05, 0) is 49.3 Å². The number of pyridine rings is 1. The Hall–Kier alpha value is -1.15. The lowest BCUT2D eigenvalue weighted by Gasteiger charge is -2.52. The van der Waals surface area contributed by atoms with E-state index in [4.69, 9.17) is 0 Å². The Balaban J connectivity index is 1.39. The zero-order chi connectivity index (χ0) is 17.4. The molecule has 1 aromatic rings. The zero-order valence-electron chi connectivity index (χ0n) is 13.3. The lowest BCUT2D eigenvalue weighted by Crippen LogP contribution is -2.59. The molecule has 24 heavy (non-hydrogen) atoms. The van der Waals surface area contributed by atoms with Gasteiger partial charge in [0.25, 0.3) is 0 Å². The van der Waals surface area contributed by atoms with Gasteiger partial charge in [-0.1, -0.05) is 6.07 Å². The second-order valence-electron chi connectivity index (χ2n) is 7.02. The average molecular weight is 362 g/mol. The Morgan fingerprint density at radius 1 is 1.17 bits per heavy atom. The number of rotatable bonds is 4. The molecular weight excluding hydrogens is 341 g/mol. The van der Waals surface area contributed by atoms with Crippen LogP contribution in [0.25, 0.3) is 0 Å². The number of aryl methyl sites for hydroxylation is 1. The number of halogens is 3. The van der Waals surface area contributed by atoms with Crippen molar-refractivity contribution in [3.63, 3.8) is 0 Å². The SMILES string of the molecule is O=S1(=O)CCC2(CC1)CN(CCCc1ccc(C(F)(F)F)nc1)C2. The summed E-state index contributed by atoms with van der Waals surface area (Å²) < 4.78 is 60.3. The molecule has 2 aliphatic rings. The van der Waals surface area contributed by atoms with Gasteiger partial charge in [-0.25, -0.2) is 8.42 Å². The van der Waals surface area contributed by atoms with Crippen LogP contribution in [0.5, 0.6) is 0 Å². The van der Waals surface area contributed by atoms with E-state index < -0.39 is 21.7 Å². The molecule has 0 aromatic carbocycles. The third-order valence-electron chi connectivity index (χ3n) is 5.06. The predicted octanol–water partition coefficient (Wildman–Crippen LogP) is 2.54. The standard InChI is InChI=1S/C16H21F3N2O2S/c17-16(18,19)14-4-3-13(10-20-14)2-1-7-21-11-15(12-21)5-8-24(22,23)9-6-15/h3-4,10H,1-2,5-9,11-12H2. The Morgan fingerprint density at radius 2 is 1.83 bits per heavy atom. The molecule has 0 amide bonds. The molecule has 0 N–H and O–H groups in total. The summed E-state index contributed by atoms with van der Waals surface area (Å²) in [6, 6.07) is 2.51. The molecule has 0 saturated carbocycles. The van der Waals surface area contributed by atoms with E-state index >= 15 is 0 Å². The van der Waals surface area contributed by atoms with Crippen molar-refractivity contribution in [2.24, 2.45) is 5.41 Å². The molecule has 8 heteroatoms. The van der Waals surface area contributed by atoms with E-state index in [0.29, 0.717) is 17.9 Å². The van der Waals surface area contributed by atoms with E-state index in [9.17, 15) is 21.6 Å². The number of hydrogen-bond acceptors (Lipinski definition) is 4. The number of nitrogens with zero attached hydrogens (tertiary/aromatic N) is 2. The summed E-state index contributed by atoms with van der Waals surface area (Å²) in [4.78, 5) is 5.77. The molecule has 1 aromatic heterocycles. The molecule has 3 rings (SSSR count). The molecular formula is C16H21F3N2O2S. The quantitative estimate of drug-likeness (QED) is 0.826. The van der Waals surface area contributed by atoms with Crippen LogP contribution in [0.1, 0.15) is 30.5 Å². The fraction of sp³-hybridized carbons (Fsp3) is 0.688. The van der Waals surface area contributed by atoms with Gasteiger partial charge >= 0.3 is 6.18 Å². The van der Waals surface area contributed by atoms with Crippen LogP contribution in [0.15, 0.2) is 18.3 Å². The van der Waals surface area contributed by atoms with Gasteiger partial charge < -0.3 is 4.90 Å². The van der Waals surface area contributed by atoms with Gasteiger partial charge in [0.2, 0.25) is 0 Å². The van der Waals surface area contributed by atoms with Gasteiger partial charge in [0.05, 0.1) is 11.5 Å². The summed E-state index contributed by atoms with van der Waals surface area (Å²) in [7, 11) is -2.82. The first-order valence-electron chi connectivity index (χ1n) is 8.13. The largest absolute Gasteiger partial charge is 0.433 e. The molecule has 1 spiro atoms. The van der Waals surface area contributed by atoms with Gasteiger partial charge in [0.1, 0.15) is 15.5 Å². The molecule has 0 bridgehead atoms. The van der Waals surface area contributed by atoms with Crippen molar-refractivity contribution in [3.05, 3.63) is 29.6 Å². The lowest BCUT2D eigenvalue weighted by atomic mass is 9.74. The Labute approximate surface area is 140 Å². The fourth-order valence-corrected chi connectivity index (χ4v) is 5.29. The Bertz CT molecular complexity index is 664. The summed E-state index contributed by atoms with van der Waals surface area (Å²) in [5.74, 6) is 0.607. The van der Waals surface area contributed by atoms with E-state index in [2.05, 4.69) is 9.88 Å². The Kier molecular flexibility index (Phi) is 4.63. The van der Waals surface area contributed by atoms with Crippen molar-refractivity contribution in [3.8, 4) is 0 Å². The van der Waals surface area contributed by atoms with Crippen LogP contribution >= 0.6 is 0 Å². The van der Waals surface area contributed by atoms with Crippen molar-refractivity contribution >= 4 is 9.84 Å². The molecule has 0 atom stereocenters. The van der Waals surface area contributed by atoms with E-state index in [0.717, 1.165) is 50.5 Å². The number of sulfone groups is 1. The molecule has 0 radical (unpaired) electrons.